The lowest BCUT2D eigenvalue weighted by Gasteiger charge is -2.33. The number of piperazine rings is 1. The third-order valence-corrected chi connectivity index (χ3v) is 5.02. The number of ether oxygens (including phenoxy) is 1. The zero-order chi connectivity index (χ0) is 19.2. The van der Waals surface area contributed by atoms with Crippen LogP contribution in [0.5, 0.6) is 5.75 Å². The Kier molecular flexibility index (Phi) is 5.99. The molecule has 0 unspecified atom stereocenters. The number of aromatic nitrogens is 2. The quantitative estimate of drug-likeness (QED) is 0.629. The average molecular weight is 378 g/mol. The van der Waals surface area contributed by atoms with E-state index in [1.165, 1.54) is 5.56 Å². The summed E-state index contributed by atoms with van der Waals surface area (Å²) in [5, 5.41) is 4.13. The van der Waals surface area contributed by atoms with Gasteiger partial charge in [-0.2, -0.15) is 4.98 Å². The molecule has 6 nitrogen and oxygen atoms in total. The first-order valence-corrected chi connectivity index (χ1v) is 9.78. The summed E-state index contributed by atoms with van der Waals surface area (Å²) >= 11 is 0. The normalized spacial score (nSPS) is 15.6. The molecule has 6 heteroatoms. The first-order valence-electron chi connectivity index (χ1n) is 9.78. The van der Waals surface area contributed by atoms with Gasteiger partial charge in [0.2, 0.25) is 11.7 Å². The molecule has 4 rings (SSSR count). The molecule has 2 heterocycles. The maximum atomic E-state index is 5.79. The topological polar surface area (TPSA) is 54.6 Å². The van der Waals surface area contributed by atoms with Gasteiger partial charge in [-0.15, -0.1) is 0 Å². The van der Waals surface area contributed by atoms with Gasteiger partial charge in [0.1, 0.15) is 12.4 Å². The van der Waals surface area contributed by atoms with E-state index in [-0.39, 0.29) is 0 Å². The van der Waals surface area contributed by atoms with Crippen molar-refractivity contribution >= 4 is 0 Å². The smallest absolute Gasteiger partial charge is 0.241 e. The lowest BCUT2D eigenvalue weighted by atomic mass is 10.1. The highest BCUT2D eigenvalue weighted by Gasteiger charge is 2.19. The van der Waals surface area contributed by atoms with Crippen molar-refractivity contribution in [3.8, 4) is 17.1 Å². The van der Waals surface area contributed by atoms with Crippen molar-refractivity contribution in [2.75, 3.05) is 39.3 Å². The third kappa shape index (κ3) is 4.97. The number of nitrogens with zero attached hydrogens (tertiary/aromatic N) is 4. The highest BCUT2D eigenvalue weighted by atomic mass is 16.5. The summed E-state index contributed by atoms with van der Waals surface area (Å²) in [6.45, 7) is 8.47. The Morgan fingerprint density at radius 2 is 1.64 bits per heavy atom. The molecular weight excluding hydrogens is 352 g/mol. The van der Waals surface area contributed by atoms with Crippen LogP contribution in [-0.4, -0.2) is 59.3 Å². The second-order valence-electron chi connectivity index (χ2n) is 7.16. The van der Waals surface area contributed by atoms with E-state index in [4.69, 9.17) is 9.26 Å². The molecule has 2 aromatic carbocycles. The van der Waals surface area contributed by atoms with Crippen molar-refractivity contribution in [1.82, 2.24) is 19.9 Å². The van der Waals surface area contributed by atoms with Crippen LogP contribution in [0.2, 0.25) is 0 Å². The van der Waals surface area contributed by atoms with Crippen LogP contribution in [0.3, 0.4) is 0 Å². The minimum atomic E-state index is 0.659. The van der Waals surface area contributed by atoms with Gasteiger partial charge in [-0.3, -0.25) is 9.80 Å². The molecule has 1 fully saturated rings. The van der Waals surface area contributed by atoms with Gasteiger partial charge in [0.25, 0.3) is 0 Å². The number of hydrogen-bond acceptors (Lipinski definition) is 6. The van der Waals surface area contributed by atoms with Gasteiger partial charge in [0.15, 0.2) is 0 Å². The van der Waals surface area contributed by atoms with Crippen LogP contribution in [0.1, 0.15) is 11.5 Å². The molecule has 0 N–H and O–H groups in total. The fourth-order valence-corrected chi connectivity index (χ4v) is 3.31. The maximum absolute atomic E-state index is 5.79. The Morgan fingerprint density at radius 1 is 0.929 bits per heavy atom. The highest BCUT2D eigenvalue weighted by molar-refractivity contribution is 5.54. The number of rotatable bonds is 7. The van der Waals surface area contributed by atoms with Crippen LogP contribution in [0.4, 0.5) is 0 Å². The highest BCUT2D eigenvalue weighted by Crippen LogP contribution is 2.17. The van der Waals surface area contributed by atoms with Gasteiger partial charge in [-0.05, 0) is 19.1 Å². The monoisotopic (exact) mass is 378 g/mol. The minimum absolute atomic E-state index is 0.659. The van der Waals surface area contributed by atoms with Crippen molar-refractivity contribution in [3.63, 3.8) is 0 Å². The summed E-state index contributed by atoms with van der Waals surface area (Å²) in [6.07, 6.45) is 0. The number of benzene rings is 2. The lowest BCUT2D eigenvalue weighted by Crippen LogP contribution is -2.47. The van der Waals surface area contributed by atoms with E-state index in [1.54, 1.807) is 0 Å². The second kappa shape index (κ2) is 8.99. The molecular formula is C22H26N4O2. The van der Waals surface area contributed by atoms with E-state index in [0.717, 1.165) is 44.0 Å². The Hall–Kier alpha value is -2.70. The summed E-state index contributed by atoms with van der Waals surface area (Å²) in [7, 11) is 0. The summed E-state index contributed by atoms with van der Waals surface area (Å²) in [5.74, 6) is 2.27. The number of hydrogen-bond donors (Lipinski definition) is 0. The molecule has 1 aliphatic rings. The van der Waals surface area contributed by atoms with E-state index >= 15 is 0 Å². The molecule has 1 saturated heterocycles. The first-order chi connectivity index (χ1) is 13.8. The van der Waals surface area contributed by atoms with E-state index in [1.807, 2.05) is 42.5 Å². The Bertz CT molecular complexity index is 856. The molecule has 0 amide bonds. The van der Waals surface area contributed by atoms with Gasteiger partial charge < -0.3 is 9.26 Å². The Labute approximate surface area is 165 Å². The van der Waals surface area contributed by atoms with E-state index in [0.29, 0.717) is 24.9 Å². The van der Waals surface area contributed by atoms with Gasteiger partial charge >= 0.3 is 0 Å². The average Bonchev–Trinajstić information content (AvgIpc) is 3.19. The fraction of sp³-hybridized carbons (Fsp3) is 0.364. The van der Waals surface area contributed by atoms with Crippen molar-refractivity contribution in [3.05, 3.63) is 66.1 Å². The lowest BCUT2D eigenvalue weighted by molar-refractivity contribution is 0.104. The van der Waals surface area contributed by atoms with E-state index in [2.05, 4.69) is 39.0 Å². The molecule has 0 atom stereocenters. The van der Waals surface area contributed by atoms with Crippen molar-refractivity contribution in [2.45, 2.75) is 13.5 Å². The van der Waals surface area contributed by atoms with Crippen LogP contribution in [0.15, 0.2) is 59.1 Å². The zero-order valence-electron chi connectivity index (χ0n) is 16.3. The fourth-order valence-electron chi connectivity index (χ4n) is 3.31. The number of para-hydroxylation sites is 1. The molecule has 28 heavy (non-hydrogen) atoms. The molecule has 0 saturated carbocycles. The standard InChI is InChI=1S/C22H26N4O2/c1-18-7-9-19(10-8-18)22-23-21(28-24-22)17-26-13-11-25(12-14-26)15-16-27-20-5-3-2-4-6-20/h2-10H,11-17H2,1H3. The van der Waals surface area contributed by atoms with Crippen molar-refractivity contribution in [2.24, 2.45) is 0 Å². The molecule has 1 aromatic heterocycles. The van der Waals surface area contributed by atoms with Crippen LogP contribution >= 0.6 is 0 Å². The SMILES string of the molecule is Cc1ccc(-c2noc(CN3CCN(CCOc4ccccc4)CC3)n2)cc1. The number of aryl methyl sites for hydroxylation is 1. The van der Waals surface area contributed by atoms with Crippen LogP contribution < -0.4 is 4.74 Å². The molecule has 1 aliphatic heterocycles. The van der Waals surface area contributed by atoms with E-state index < -0.39 is 0 Å². The molecule has 146 valence electrons. The Morgan fingerprint density at radius 3 is 2.39 bits per heavy atom. The van der Waals surface area contributed by atoms with Crippen LogP contribution in [0, 0.1) is 6.92 Å². The predicted molar refractivity (Wildman–Crippen MR) is 108 cm³/mol. The third-order valence-electron chi connectivity index (χ3n) is 5.02. The predicted octanol–water partition coefficient (Wildman–Crippen LogP) is 3.24. The van der Waals surface area contributed by atoms with Crippen molar-refractivity contribution in [1.29, 1.82) is 0 Å². The summed E-state index contributed by atoms with van der Waals surface area (Å²) < 4.78 is 11.3. The minimum Gasteiger partial charge on any atom is -0.492 e. The molecule has 0 radical (unpaired) electrons. The molecule has 0 aliphatic carbocycles. The second-order valence-corrected chi connectivity index (χ2v) is 7.16. The summed E-state index contributed by atoms with van der Waals surface area (Å²) in [4.78, 5) is 9.35. The maximum Gasteiger partial charge on any atom is 0.241 e. The van der Waals surface area contributed by atoms with Gasteiger partial charge in [0, 0.05) is 38.3 Å². The molecule has 0 bridgehead atoms. The zero-order valence-corrected chi connectivity index (χ0v) is 16.3. The van der Waals surface area contributed by atoms with Gasteiger partial charge in [0.05, 0.1) is 6.54 Å². The van der Waals surface area contributed by atoms with Crippen LogP contribution in [-0.2, 0) is 6.54 Å². The Balaban J connectivity index is 1.21. The van der Waals surface area contributed by atoms with Gasteiger partial charge in [-0.25, -0.2) is 0 Å². The van der Waals surface area contributed by atoms with E-state index in [9.17, 15) is 0 Å². The first kappa shape index (κ1) is 18.7. The largest absolute Gasteiger partial charge is 0.492 e. The van der Waals surface area contributed by atoms with Crippen molar-refractivity contribution < 1.29 is 9.26 Å². The van der Waals surface area contributed by atoms with Gasteiger partial charge in [-0.1, -0.05) is 53.2 Å². The molecule has 3 aromatic rings. The summed E-state index contributed by atoms with van der Waals surface area (Å²) in [6, 6.07) is 18.2. The molecule has 0 spiro atoms. The van der Waals surface area contributed by atoms with Crippen LogP contribution in [0.25, 0.3) is 11.4 Å². The summed E-state index contributed by atoms with van der Waals surface area (Å²) in [5.41, 5.74) is 2.21.